The van der Waals surface area contributed by atoms with E-state index in [1.165, 1.54) is 32.0 Å². The average molecular weight is 483 g/mol. The molecule has 3 aromatic carbocycles. The summed E-state index contributed by atoms with van der Waals surface area (Å²) in [6.07, 6.45) is 1.74. The van der Waals surface area contributed by atoms with Crippen LogP contribution in [0.2, 0.25) is 0 Å². The normalized spacial score (nSPS) is 14.5. The van der Waals surface area contributed by atoms with E-state index in [1.54, 1.807) is 48.5 Å². The van der Waals surface area contributed by atoms with Crippen LogP contribution in [-0.2, 0) is 20.4 Å². The van der Waals surface area contributed by atoms with E-state index >= 15 is 0 Å². The maximum absolute atomic E-state index is 13.3. The molecule has 1 amide bonds. The highest BCUT2D eigenvalue weighted by atomic mass is 32.2. The first-order valence-electron chi connectivity index (χ1n) is 9.94. The summed E-state index contributed by atoms with van der Waals surface area (Å²) in [5.74, 6) is 0.334. The Morgan fingerprint density at radius 1 is 1.00 bits per heavy atom. The van der Waals surface area contributed by atoms with Crippen molar-refractivity contribution in [2.75, 3.05) is 25.3 Å². The number of nitrogens with two attached hydrogens (primary N) is 1. The largest absolute Gasteiger partial charge is 0.496 e. The highest BCUT2D eigenvalue weighted by molar-refractivity contribution is 8.04. The number of thioether (sulfide) groups is 1. The Morgan fingerprint density at radius 2 is 1.67 bits per heavy atom. The Morgan fingerprint density at radius 3 is 2.30 bits per heavy atom. The van der Waals surface area contributed by atoms with Crippen molar-refractivity contribution < 1.29 is 22.7 Å². The fourth-order valence-corrected chi connectivity index (χ4v) is 5.88. The molecule has 7 nitrogen and oxygen atoms in total. The van der Waals surface area contributed by atoms with Crippen molar-refractivity contribution in [1.82, 2.24) is 0 Å². The van der Waals surface area contributed by atoms with E-state index in [1.807, 2.05) is 12.1 Å². The smallest absolute Gasteiger partial charge is 0.262 e. The summed E-state index contributed by atoms with van der Waals surface area (Å²) in [5.41, 5.74) is 8.18. The zero-order chi connectivity index (χ0) is 23.6. The molecule has 0 atom stereocenters. The van der Waals surface area contributed by atoms with E-state index in [2.05, 4.69) is 5.32 Å². The van der Waals surface area contributed by atoms with E-state index in [4.69, 9.17) is 15.2 Å². The van der Waals surface area contributed by atoms with Crippen LogP contribution in [0.5, 0.6) is 11.5 Å². The minimum Gasteiger partial charge on any atom is -0.496 e. The van der Waals surface area contributed by atoms with Crippen LogP contribution in [0.15, 0.2) is 75.4 Å². The third-order valence-corrected chi connectivity index (χ3v) is 7.82. The molecule has 0 unspecified atom stereocenters. The van der Waals surface area contributed by atoms with Gasteiger partial charge in [0.1, 0.15) is 11.5 Å². The number of rotatable bonds is 6. The van der Waals surface area contributed by atoms with E-state index in [-0.39, 0.29) is 16.6 Å². The zero-order valence-corrected chi connectivity index (χ0v) is 19.6. The molecule has 1 heterocycles. The minimum absolute atomic E-state index is 0.143. The zero-order valence-electron chi connectivity index (χ0n) is 18.0. The first-order valence-corrected chi connectivity index (χ1v) is 12.4. The van der Waals surface area contributed by atoms with Crippen LogP contribution in [0, 0.1) is 0 Å². The van der Waals surface area contributed by atoms with Gasteiger partial charge in [-0.05, 0) is 54.1 Å². The van der Waals surface area contributed by atoms with Crippen LogP contribution in [0.3, 0.4) is 0 Å². The summed E-state index contributed by atoms with van der Waals surface area (Å²) < 4.78 is 37.2. The van der Waals surface area contributed by atoms with E-state index < -0.39 is 9.84 Å². The quantitative estimate of drug-likeness (QED) is 0.397. The Hall–Kier alpha value is -3.43. The highest BCUT2D eigenvalue weighted by Gasteiger charge is 2.26. The fraction of sp³-hybridized carbons (Fsp3) is 0.125. The SMILES string of the molecule is COc1cccc(OC)c1CS(=O)(=O)c1ccc2c(c1)S/C(=C/c1ccc(N)cc1)C(=O)N2. The molecular formula is C24H22N2O5S2. The van der Waals surface area contributed by atoms with Crippen molar-refractivity contribution >= 4 is 45.0 Å². The van der Waals surface area contributed by atoms with Crippen molar-refractivity contribution in [3.63, 3.8) is 0 Å². The summed E-state index contributed by atoms with van der Waals surface area (Å²) in [4.78, 5) is 13.8. The molecule has 0 aromatic heterocycles. The number of nitrogens with one attached hydrogen (secondary N) is 1. The predicted octanol–water partition coefficient (Wildman–Crippen LogP) is 4.35. The first-order chi connectivity index (χ1) is 15.8. The number of nitrogen functional groups attached to an aromatic ring is 1. The summed E-state index contributed by atoms with van der Waals surface area (Å²) in [7, 11) is -0.758. The second-order valence-electron chi connectivity index (χ2n) is 7.29. The van der Waals surface area contributed by atoms with Gasteiger partial charge in [-0.3, -0.25) is 4.79 Å². The van der Waals surface area contributed by atoms with Crippen LogP contribution in [-0.4, -0.2) is 28.5 Å². The molecular weight excluding hydrogens is 460 g/mol. The van der Waals surface area contributed by atoms with Crippen molar-refractivity contribution in [1.29, 1.82) is 0 Å². The monoisotopic (exact) mass is 482 g/mol. The van der Waals surface area contributed by atoms with Crippen LogP contribution in [0.4, 0.5) is 11.4 Å². The van der Waals surface area contributed by atoms with Gasteiger partial charge in [0.15, 0.2) is 9.84 Å². The molecule has 33 heavy (non-hydrogen) atoms. The van der Waals surface area contributed by atoms with E-state index in [0.29, 0.717) is 38.2 Å². The van der Waals surface area contributed by atoms with Gasteiger partial charge in [-0.2, -0.15) is 0 Å². The second kappa shape index (κ2) is 9.21. The molecule has 0 fully saturated rings. The van der Waals surface area contributed by atoms with Crippen molar-refractivity contribution in [2.24, 2.45) is 0 Å². The van der Waals surface area contributed by atoms with Gasteiger partial charge in [0.05, 0.1) is 41.0 Å². The molecule has 4 rings (SSSR count). The number of methoxy groups -OCH3 is 2. The van der Waals surface area contributed by atoms with E-state index in [9.17, 15) is 13.2 Å². The number of benzene rings is 3. The summed E-state index contributed by atoms with van der Waals surface area (Å²) >= 11 is 1.22. The Labute approximate surface area is 196 Å². The Kier molecular flexibility index (Phi) is 6.35. The Bertz CT molecular complexity index is 1330. The van der Waals surface area contributed by atoms with Crippen LogP contribution in [0.1, 0.15) is 11.1 Å². The highest BCUT2D eigenvalue weighted by Crippen LogP contribution is 2.41. The molecule has 0 aliphatic carbocycles. The molecule has 0 radical (unpaired) electrons. The van der Waals surface area contributed by atoms with E-state index in [0.717, 1.165) is 5.56 Å². The van der Waals surface area contributed by atoms with Crippen molar-refractivity contribution in [2.45, 2.75) is 15.5 Å². The Balaban J connectivity index is 1.66. The lowest BCUT2D eigenvalue weighted by Crippen LogP contribution is -2.17. The molecule has 0 spiro atoms. The number of hydrogen-bond donors (Lipinski definition) is 2. The molecule has 0 saturated heterocycles. The third-order valence-electron chi connectivity index (χ3n) is 5.10. The van der Waals surface area contributed by atoms with Gasteiger partial charge in [0.2, 0.25) is 0 Å². The number of ether oxygens (including phenoxy) is 2. The predicted molar refractivity (Wildman–Crippen MR) is 130 cm³/mol. The van der Waals surface area contributed by atoms with Gasteiger partial charge in [-0.25, -0.2) is 8.42 Å². The maximum atomic E-state index is 13.3. The van der Waals surface area contributed by atoms with Crippen LogP contribution >= 0.6 is 11.8 Å². The van der Waals surface area contributed by atoms with Crippen molar-refractivity contribution in [3.05, 3.63) is 76.7 Å². The molecule has 1 aliphatic heterocycles. The summed E-state index contributed by atoms with van der Waals surface area (Å²) in [6, 6.07) is 16.9. The lowest BCUT2D eigenvalue weighted by molar-refractivity contribution is -0.112. The van der Waals surface area contributed by atoms with Gasteiger partial charge in [0, 0.05) is 10.6 Å². The summed E-state index contributed by atoms with van der Waals surface area (Å²) in [5, 5.41) is 2.82. The number of hydrogen-bond acceptors (Lipinski definition) is 7. The fourth-order valence-electron chi connectivity index (χ4n) is 3.41. The maximum Gasteiger partial charge on any atom is 0.262 e. The topological polar surface area (TPSA) is 108 Å². The van der Waals surface area contributed by atoms with Crippen LogP contribution < -0.4 is 20.5 Å². The number of fused-ring (bicyclic) bond motifs is 1. The first kappa shape index (κ1) is 22.8. The van der Waals surface area contributed by atoms with Crippen molar-refractivity contribution in [3.8, 4) is 11.5 Å². The molecule has 3 aromatic rings. The molecule has 9 heteroatoms. The number of amides is 1. The number of carbonyl (C=O) groups excluding carboxylic acids is 1. The molecule has 1 aliphatic rings. The van der Waals surface area contributed by atoms with Gasteiger partial charge < -0.3 is 20.5 Å². The summed E-state index contributed by atoms with van der Waals surface area (Å²) in [6.45, 7) is 0. The molecule has 170 valence electrons. The van der Waals surface area contributed by atoms with Crippen LogP contribution in [0.25, 0.3) is 6.08 Å². The standard InChI is InChI=1S/C24H22N2O5S2/c1-30-20-4-3-5-21(31-2)18(20)14-33(28,29)17-10-11-19-22(13-17)32-23(24(27)26-19)12-15-6-8-16(25)9-7-15/h3-13H,14,25H2,1-2H3,(H,26,27)/b23-12+. The third kappa shape index (κ3) is 4.84. The second-order valence-corrected chi connectivity index (χ2v) is 10.4. The van der Waals surface area contributed by atoms with Gasteiger partial charge in [-0.15, -0.1) is 0 Å². The van der Waals surface area contributed by atoms with Gasteiger partial charge in [0.25, 0.3) is 5.91 Å². The average Bonchev–Trinajstić information content (AvgIpc) is 2.80. The van der Waals surface area contributed by atoms with Gasteiger partial charge >= 0.3 is 0 Å². The molecule has 0 saturated carbocycles. The lowest BCUT2D eigenvalue weighted by atomic mass is 10.2. The molecule has 0 bridgehead atoms. The number of carbonyl (C=O) groups is 1. The number of sulfone groups is 1. The lowest BCUT2D eigenvalue weighted by Gasteiger charge is -2.20. The molecule has 3 N–H and O–H groups in total. The van der Waals surface area contributed by atoms with Gasteiger partial charge in [-0.1, -0.05) is 30.0 Å². The number of anilines is 2. The minimum atomic E-state index is -3.73.